The summed E-state index contributed by atoms with van der Waals surface area (Å²) >= 11 is 0. The highest BCUT2D eigenvalue weighted by Gasteiger charge is 2.16. The van der Waals surface area contributed by atoms with E-state index < -0.39 is 4.92 Å². The van der Waals surface area contributed by atoms with E-state index >= 15 is 0 Å². The third kappa shape index (κ3) is 2.63. The average molecular weight is 224 g/mol. The van der Waals surface area contributed by atoms with Gasteiger partial charge in [-0.1, -0.05) is 0 Å². The molecule has 7 heteroatoms. The number of piperidine rings is 1. The molecule has 0 aromatic carbocycles. The van der Waals surface area contributed by atoms with Crippen LogP contribution in [0, 0.1) is 10.1 Å². The van der Waals surface area contributed by atoms with Gasteiger partial charge in [0.2, 0.25) is 0 Å². The molecule has 86 valence electrons. The van der Waals surface area contributed by atoms with Crippen molar-refractivity contribution in [2.24, 2.45) is 0 Å². The fourth-order valence-electron chi connectivity index (χ4n) is 1.53. The average Bonchev–Trinajstić information content (AvgIpc) is 2.31. The lowest BCUT2D eigenvalue weighted by atomic mass is 10.1. The van der Waals surface area contributed by atoms with E-state index in [1.165, 1.54) is 0 Å². The molecule has 0 saturated carbocycles. The fourth-order valence-corrected chi connectivity index (χ4v) is 1.53. The lowest BCUT2D eigenvalue weighted by Crippen LogP contribution is -2.37. The summed E-state index contributed by atoms with van der Waals surface area (Å²) in [4.78, 5) is 17.4. The Hall–Kier alpha value is -1.76. The molecule has 1 unspecified atom stereocenters. The van der Waals surface area contributed by atoms with E-state index in [0.717, 1.165) is 38.3 Å². The minimum atomic E-state index is -0.536. The van der Waals surface area contributed by atoms with Crippen LogP contribution in [-0.2, 0) is 0 Å². The zero-order chi connectivity index (χ0) is 11.4. The molecule has 0 aliphatic carbocycles. The summed E-state index contributed by atoms with van der Waals surface area (Å²) in [6.07, 6.45) is 4.36. The van der Waals surface area contributed by atoms with Gasteiger partial charge in [0.1, 0.15) is 18.5 Å². The van der Waals surface area contributed by atoms with Crippen molar-refractivity contribution in [3.63, 3.8) is 0 Å². The van der Waals surface area contributed by atoms with Crippen molar-refractivity contribution in [3.8, 4) is 6.01 Å². The zero-order valence-corrected chi connectivity index (χ0v) is 8.63. The zero-order valence-electron chi connectivity index (χ0n) is 8.63. The van der Waals surface area contributed by atoms with Crippen LogP contribution >= 0.6 is 0 Å². The van der Waals surface area contributed by atoms with Gasteiger partial charge in [0, 0.05) is 6.54 Å². The molecule has 0 bridgehead atoms. The molecule has 0 amide bonds. The first-order valence-electron chi connectivity index (χ1n) is 5.09. The van der Waals surface area contributed by atoms with Gasteiger partial charge in [-0.25, -0.2) is 0 Å². The van der Waals surface area contributed by atoms with Crippen molar-refractivity contribution >= 4 is 5.69 Å². The second-order valence-corrected chi connectivity index (χ2v) is 3.57. The second kappa shape index (κ2) is 4.84. The van der Waals surface area contributed by atoms with E-state index in [-0.39, 0.29) is 17.8 Å². The summed E-state index contributed by atoms with van der Waals surface area (Å²) in [7, 11) is 0. The predicted octanol–water partition coefficient (Wildman–Crippen LogP) is 0.516. The smallest absolute Gasteiger partial charge is 0.317 e. The molecule has 0 radical (unpaired) electrons. The first-order valence-corrected chi connectivity index (χ1v) is 5.09. The molecule has 7 nitrogen and oxygen atoms in total. The Morgan fingerprint density at radius 2 is 2.25 bits per heavy atom. The number of nitro groups is 1. The summed E-state index contributed by atoms with van der Waals surface area (Å²) in [5, 5.41) is 13.6. The highest BCUT2D eigenvalue weighted by atomic mass is 16.6. The number of aromatic nitrogens is 2. The van der Waals surface area contributed by atoms with Crippen LogP contribution in [0.1, 0.15) is 12.8 Å². The van der Waals surface area contributed by atoms with Crippen LogP contribution in [0.15, 0.2) is 12.4 Å². The molecule has 1 aliphatic rings. The van der Waals surface area contributed by atoms with Crippen molar-refractivity contribution in [3.05, 3.63) is 22.5 Å². The largest absolute Gasteiger partial charge is 0.459 e. The number of ether oxygens (including phenoxy) is 1. The summed E-state index contributed by atoms with van der Waals surface area (Å²) in [5.74, 6) is 0. The molecule has 1 fully saturated rings. The van der Waals surface area contributed by atoms with Gasteiger partial charge >= 0.3 is 11.7 Å². The summed E-state index contributed by atoms with van der Waals surface area (Å²) in [6.45, 7) is 1.77. The third-order valence-electron chi connectivity index (χ3n) is 2.35. The third-order valence-corrected chi connectivity index (χ3v) is 2.35. The maximum Gasteiger partial charge on any atom is 0.317 e. The van der Waals surface area contributed by atoms with Gasteiger partial charge < -0.3 is 10.1 Å². The van der Waals surface area contributed by atoms with Crippen LogP contribution in [0.4, 0.5) is 5.69 Å². The van der Waals surface area contributed by atoms with Crippen molar-refractivity contribution in [2.45, 2.75) is 18.9 Å². The maximum atomic E-state index is 10.4. The lowest BCUT2D eigenvalue weighted by Gasteiger charge is -2.22. The molecule has 1 N–H and O–H groups in total. The summed E-state index contributed by atoms with van der Waals surface area (Å²) in [5.41, 5.74) is -0.130. The van der Waals surface area contributed by atoms with E-state index in [2.05, 4.69) is 15.3 Å². The number of hydrogen-bond acceptors (Lipinski definition) is 6. The number of hydrogen-bond donors (Lipinski definition) is 1. The number of nitrogens with zero attached hydrogens (tertiary/aromatic N) is 3. The lowest BCUT2D eigenvalue weighted by molar-refractivity contribution is -0.385. The van der Waals surface area contributed by atoms with Crippen molar-refractivity contribution in [1.82, 2.24) is 15.3 Å². The van der Waals surface area contributed by atoms with Crippen LogP contribution in [0.25, 0.3) is 0 Å². The Morgan fingerprint density at radius 3 is 2.81 bits per heavy atom. The van der Waals surface area contributed by atoms with Crippen molar-refractivity contribution < 1.29 is 9.66 Å². The van der Waals surface area contributed by atoms with Gasteiger partial charge in [-0.3, -0.25) is 10.1 Å². The first kappa shape index (κ1) is 10.7. The van der Waals surface area contributed by atoms with Crippen molar-refractivity contribution in [1.29, 1.82) is 0 Å². The van der Waals surface area contributed by atoms with E-state index in [0.29, 0.717) is 0 Å². The van der Waals surface area contributed by atoms with Crippen LogP contribution < -0.4 is 10.1 Å². The topological polar surface area (TPSA) is 90.2 Å². The van der Waals surface area contributed by atoms with Gasteiger partial charge in [-0.2, -0.15) is 9.97 Å². The minimum absolute atomic E-state index is 0.0511. The predicted molar refractivity (Wildman–Crippen MR) is 55.2 cm³/mol. The van der Waals surface area contributed by atoms with Crippen LogP contribution in [0.5, 0.6) is 6.01 Å². The SMILES string of the molecule is O=[N+]([O-])c1cnc(OC2CCCNC2)nc1. The van der Waals surface area contributed by atoms with Crippen molar-refractivity contribution in [2.75, 3.05) is 13.1 Å². The van der Waals surface area contributed by atoms with Gasteiger partial charge in [-0.15, -0.1) is 0 Å². The highest BCUT2D eigenvalue weighted by Crippen LogP contribution is 2.13. The molecule has 2 heterocycles. The number of nitrogens with one attached hydrogen (secondary N) is 1. The Labute approximate surface area is 92.0 Å². The Balaban J connectivity index is 1.96. The molecule has 2 rings (SSSR count). The van der Waals surface area contributed by atoms with Gasteiger partial charge in [-0.05, 0) is 19.4 Å². The van der Waals surface area contributed by atoms with E-state index in [1.54, 1.807) is 0 Å². The van der Waals surface area contributed by atoms with E-state index in [9.17, 15) is 10.1 Å². The maximum absolute atomic E-state index is 10.4. The second-order valence-electron chi connectivity index (χ2n) is 3.57. The normalized spacial score (nSPS) is 20.4. The number of rotatable bonds is 3. The monoisotopic (exact) mass is 224 g/mol. The van der Waals surface area contributed by atoms with Crippen LogP contribution in [0.2, 0.25) is 0 Å². The quantitative estimate of drug-likeness (QED) is 0.594. The molecular weight excluding hydrogens is 212 g/mol. The van der Waals surface area contributed by atoms with Gasteiger partial charge in [0.15, 0.2) is 0 Å². The van der Waals surface area contributed by atoms with Gasteiger partial charge in [0.05, 0.1) is 4.92 Å². The minimum Gasteiger partial charge on any atom is -0.459 e. The molecule has 1 aromatic rings. The molecule has 16 heavy (non-hydrogen) atoms. The van der Waals surface area contributed by atoms with E-state index in [4.69, 9.17) is 4.74 Å². The van der Waals surface area contributed by atoms with E-state index in [1.807, 2.05) is 0 Å². The molecule has 1 aliphatic heterocycles. The highest BCUT2D eigenvalue weighted by molar-refractivity contribution is 5.21. The summed E-state index contributed by atoms with van der Waals surface area (Å²) < 4.78 is 5.48. The van der Waals surface area contributed by atoms with Gasteiger partial charge in [0.25, 0.3) is 0 Å². The molecule has 1 atom stereocenters. The Kier molecular flexibility index (Phi) is 3.25. The summed E-state index contributed by atoms with van der Waals surface area (Å²) in [6, 6.07) is 0.194. The molecule has 0 spiro atoms. The first-order chi connectivity index (χ1) is 7.75. The standard InChI is InChI=1S/C9H12N4O3/c14-13(15)7-4-11-9(12-5-7)16-8-2-1-3-10-6-8/h4-5,8,10H,1-3,6H2. The van der Waals surface area contributed by atoms with Crippen LogP contribution in [-0.4, -0.2) is 34.1 Å². The Morgan fingerprint density at radius 1 is 1.50 bits per heavy atom. The fraction of sp³-hybridized carbons (Fsp3) is 0.556. The molecular formula is C9H12N4O3. The van der Waals surface area contributed by atoms with Crippen LogP contribution in [0.3, 0.4) is 0 Å². The Bertz CT molecular complexity index is 362. The molecule has 1 saturated heterocycles. The molecule has 1 aromatic heterocycles.